The van der Waals surface area contributed by atoms with Gasteiger partial charge >= 0.3 is 6.03 Å². The second kappa shape index (κ2) is 9.48. The third kappa shape index (κ3) is 5.53. The molecule has 1 aromatic heterocycles. The highest BCUT2D eigenvalue weighted by Gasteiger charge is 2.32. The molecular weight excluding hydrogens is 348 g/mol. The van der Waals surface area contributed by atoms with Crippen molar-refractivity contribution in [3.63, 3.8) is 0 Å². The van der Waals surface area contributed by atoms with E-state index < -0.39 is 0 Å². The molecule has 0 unspecified atom stereocenters. The molecule has 1 aromatic rings. The summed E-state index contributed by atoms with van der Waals surface area (Å²) in [6, 6.07) is 4.01. The summed E-state index contributed by atoms with van der Waals surface area (Å²) in [6.45, 7) is 7.09. The first-order valence-corrected chi connectivity index (χ1v) is 10.8. The lowest BCUT2D eigenvalue weighted by atomic mass is 9.96. The summed E-state index contributed by atoms with van der Waals surface area (Å²) < 4.78 is 0. The van der Waals surface area contributed by atoms with Gasteiger partial charge in [-0.3, -0.25) is 10.1 Å². The lowest BCUT2D eigenvalue weighted by Crippen LogP contribution is -3.29. The number of imide groups is 1. The third-order valence-corrected chi connectivity index (χ3v) is 6.66. The molecule has 4 N–H and O–H groups in total. The lowest BCUT2D eigenvalue weighted by molar-refractivity contribution is -1.02. The van der Waals surface area contributed by atoms with Gasteiger partial charge in [0.15, 0.2) is 6.04 Å². The van der Waals surface area contributed by atoms with E-state index in [2.05, 4.69) is 28.1 Å². The van der Waals surface area contributed by atoms with Crippen LogP contribution in [-0.4, -0.2) is 50.2 Å². The second-order valence-electron chi connectivity index (χ2n) is 7.68. The number of thiophene rings is 1. The average Bonchev–Trinajstić information content (AvgIpc) is 3.15. The van der Waals surface area contributed by atoms with E-state index in [-0.39, 0.29) is 24.0 Å². The zero-order chi connectivity index (χ0) is 18.4. The molecule has 1 atom stereocenters. The maximum atomic E-state index is 12.4. The number of carbonyl (C=O) groups is 2. The Morgan fingerprint density at radius 1 is 1.19 bits per heavy atom. The zero-order valence-electron chi connectivity index (χ0n) is 15.7. The molecule has 0 radical (unpaired) electrons. The molecular formula is C19H32N4O2S+2. The molecule has 0 bridgehead atoms. The van der Waals surface area contributed by atoms with Crippen LogP contribution in [0.3, 0.4) is 0 Å². The first-order valence-electron chi connectivity index (χ1n) is 9.93. The van der Waals surface area contributed by atoms with E-state index in [4.69, 9.17) is 0 Å². The number of quaternary nitrogens is 2. The number of rotatable bonds is 5. The van der Waals surface area contributed by atoms with Gasteiger partial charge in [0.25, 0.3) is 5.91 Å². The zero-order valence-corrected chi connectivity index (χ0v) is 16.5. The van der Waals surface area contributed by atoms with E-state index in [1.54, 1.807) is 4.90 Å². The molecule has 7 heteroatoms. The van der Waals surface area contributed by atoms with Gasteiger partial charge in [0.05, 0.1) is 4.88 Å². The van der Waals surface area contributed by atoms with Crippen LogP contribution in [0.4, 0.5) is 4.79 Å². The summed E-state index contributed by atoms with van der Waals surface area (Å²) in [4.78, 5) is 28.8. The van der Waals surface area contributed by atoms with Crippen molar-refractivity contribution < 1.29 is 19.4 Å². The maximum absolute atomic E-state index is 12.4. The quantitative estimate of drug-likeness (QED) is 0.561. The van der Waals surface area contributed by atoms with E-state index in [0.717, 1.165) is 58.4 Å². The Morgan fingerprint density at radius 2 is 1.92 bits per heavy atom. The number of carbonyl (C=O) groups excluding carboxylic acids is 2. The minimum atomic E-state index is -0.324. The van der Waals surface area contributed by atoms with E-state index in [0.29, 0.717) is 0 Å². The van der Waals surface area contributed by atoms with Crippen LogP contribution >= 0.6 is 11.3 Å². The van der Waals surface area contributed by atoms with Crippen LogP contribution in [0.1, 0.15) is 43.9 Å². The molecule has 1 saturated carbocycles. The molecule has 3 rings (SSSR count). The Morgan fingerprint density at radius 3 is 2.58 bits per heavy atom. The molecule has 1 aliphatic carbocycles. The van der Waals surface area contributed by atoms with E-state index in [9.17, 15) is 9.59 Å². The molecule has 144 valence electrons. The predicted molar refractivity (Wildman–Crippen MR) is 102 cm³/mol. The van der Waals surface area contributed by atoms with Crippen LogP contribution < -0.4 is 20.4 Å². The van der Waals surface area contributed by atoms with Crippen LogP contribution in [0.2, 0.25) is 0 Å². The topological polar surface area (TPSA) is 67.1 Å². The van der Waals surface area contributed by atoms with Crippen molar-refractivity contribution in [1.82, 2.24) is 10.6 Å². The molecule has 3 amide bonds. The summed E-state index contributed by atoms with van der Waals surface area (Å²) >= 11 is 1.81. The Labute approximate surface area is 159 Å². The highest BCUT2D eigenvalue weighted by Crippen LogP contribution is 2.17. The molecule has 6 nitrogen and oxygen atoms in total. The van der Waals surface area contributed by atoms with Crippen molar-refractivity contribution in [3.05, 3.63) is 22.4 Å². The summed E-state index contributed by atoms with van der Waals surface area (Å²) in [6.07, 6.45) is 5.63. The molecule has 1 saturated heterocycles. The smallest absolute Gasteiger partial charge is 0.321 e. The van der Waals surface area contributed by atoms with Gasteiger partial charge in [0, 0.05) is 6.04 Å². The summed E-state index contributed by atoms with van der Waals surface area (Å²) in [7, 11) is 0. The number of nitrogens with one attached hydrogen (secondary N) is 4. The van der Waals surface area contributed by atoms with E-state index >= 15 is 0 Å². The van der Waals surface area contributed by atoms with Gasteiger partial charge in [0.2, 0.25) is 0 Å². The molecule has 0 aromatic carbocycles. The number of amides is 3. The van der Waals surface area contributed by atoms with Gasteiger partial charge in [-0.05, 0) is 31.2 Å². The monoisotopic (exact) mass is 380 g/mol. The van der Waals surface area contributed by atoms with Crippen molar-refractivity contribution in [1.29, 1.82) is 0 Å². The fourth-order valence-corrected chi connectivity index (χ4v) is 4.84. The minimum absolute atomic E-state index is 0.157. The molecule has 2 heterocycles. The molecule has 1 aliphatic heterocycles. The average molecular weight is 381 g/mol. The van der Waals surface area contributed by atoms with Crippen molar-refractivity contribution in [2.24, 2.45) is 0 Å². The number of urea groups is 1. The highest BCUT2D eigenvalue weighted by atomic mass is 32.1. The van der Waals surface area contributed by atoms with Crippen molar-refractivity contribution >= 4 is 23.3 Å². The number of piperazine rings is 1. The van der Waals surface area contributed by atoms with E-state index in [1.807, 2.05) is 18.3 Å². The Hall–Kier alpha value is -1.44. The van der Waals surface area contributed by atoms with Gasteiger partial charge in [0.1, 0.15) is 32.7 Å². The maximum Gasteiger partial charge on any atom is 0.321 e. The summed E-state index contributed by atoms with van der Waals surface area (Å²) in [5.41, 5.74) is 0. The minimum Gasteiger partial charge on any atom is -0.335 e. The Balaban J connectivity index is 1.38. The SMILES string of the molecule is C[C@@H](C(=O)NC(=O)NC1CCCCC1)[NH+]1CC[NH+](Cc2cccs2)CC1. The molecule has 26 heavy (non-hydrogen) atoms. The summed E-state index contributed by atoms with van der Waals surface area (Å²) in [5.74, 6) is -0.157. The largest absolute Gasteiger partial charge is 0.335 e. The predicted octanol–water partition coefficient (Wildman–Crippen LogP) is -0.421. The van der Waals surface area contributed by atoms with Crippen molar-refractivity contribution in [2.75, 3.05) is 26.2 Å². The number of hydrogen-bond donors (Lipinski definition) is 4. The fourth-order valence-electron chi connectivity index (χ4n) is 4.07. The highest BCUT2D eigenvalue weighted by molar-refractivity contribution is 7.09. The fraction of sp³-hybridized carbons (Fsp3) is 0.684. The lowest BCUT2D eigenvalue weighted by Gasteiger charge is -2.32. The molecule has 2 aliphatic rings. The van der Waals surface area contributed by atoms with Crippen molar-refractivity contribution in [2.45, 2.75) is 57.7 Å². The van der Waals surface area contributed by atoms with Gasteiger partial charge in [-0.25, -0.2) is 4.79 Å². The second-order valence-corrected chi connectivity index (χ2v) is 8.72. The van der Waals surface area contributed by atoms with E-state index in [1.165, 1.54) is 16.2 Å². The Bertz CT molecular complexity index is 578. The Kier molecular flexibility index (Phi) is 7.05. The standard InChI is InChI=1S/C19H30N4O2S/c1-15(18(24)21-19(25)20-16-6-3-2-4-7-16)23-11-9-22(10-12-23)14-17-8-5-13-26-17/h5,8,13,15-16H,2-4,6-7,9-12,14H2,1H3,(H2,20,21,24,25)/p+2/t15-/m0/s1. The third-order valence-electron chi connectivity index (χ3n) is 5.79. The van der Waals surface area contributed by atoms with Crippen molar-refractivity contribution in [3.8, 4) is 0 Å². The molecule has 2 fully saturated rings. The summed E-state index contributed by atoms with van der Waals surface area (Å²) in [5, 5.41) is 7.64. The van der Waals surface area contributed by atoms with Gasteiger partial charge in [-0.15, -0.1) is 11.3 Å². The number of hydrogen-bond acceptors (Lipinski definition) is 3. The van der Waals surface area contributed by atoms with Gasteiger partial charge < -0.3 is 15.1 Å². The van der Waals surface area contributed by atoms with Crippen LogP contribution in [0.5, 0.6) is 0 Å². The van der Waals surface area contributed by atoms with Crippen LogP contribution in [-0.2, 0) is 11.3 Å². The van der Waals surface area contributed by atoms with Gasteiger partial charge in [-0.1, -0.05) is 25.3 Å². The van der Waals surface area contributed by atoms with Crippen LogP contribution in [0, 0.1) is 0 Å². The first kappa shape index (κ1) is 19.3. The van der Waals surface area contributed by atoms with Crippen LogP contribution in [0.25, 0.3) is 0 Å². The molecule has 0 spiro atoms. The van der Waals surface area contributed by atoms with Gasteiger partial charge in [-0.2, -0.15) is 0 Å². The van der Waals surface area contributed by atoms with Crippen LogP contribution in [0.15, 0.2) is 17.5 Å². The first-order chi connectivity index (χ1) is 12.6. The normalized spacial score (nSPS) is 25.4.